The second kappa shape index (κ2) is 6.58. The molecule has 1 fully saturated rings. The Morgan fingerprint density at radius 2 is 2.25 bits per heavy atom. The average Bonchev–Trinajstić information content (AvgIpc) is 2.97. The first-order chi connectivity index (χ1) is 9.47. The number of hydrogen-bond donors (Lipinski definition) is 1. The van der Waals surface area contributed by atoms with Crippen molar-refractivity contribution >= 4 is 26.0 Å². The van der Waals surface area contributed by atoms with Crippen LogP contribution in [0.5, 0.6) is 0 Å². The molecule has 0 aliphatic heterocycles. The van der Waals surface area contributed by atoms with E-state index in [1.807, 2.05) is 11.5 Å². The third-order valence-corrected chi connectivity index (χ3v) is 6.05. The van der Waals surface area contributed by atoms with E-state index < -0.39 is 10.0 Å². The molecule has 5 nitrogen and oxygen atoms in total. The lowest BCUT2D eigenvalue weighted by Crippen LogP contribution is -2.38. The summed E-state index contributed by atoms with van der Waals surface area (Å²) < 4.78 is 29.5. The number of halogens is 1. The van der Waals surface area contributed by atoms with Gasteiger partial charge in [-0.3, -0.25) is 0 Å². The van der Waals surface area contributed by atoms with E-state index >= 15 is 0 Å². The maximum atomic E-state index is 12.4. The summed E-state index contributed by atoms with van der Waals surface area (Å²) in [6, 6.07) is 0.0241. The molecule has 0 bridgehead atoms. The lowest BCUT2D eigenvalue weighted by atomic mass is 10.1. The third kappa shape index (κ3) is 3.43. The maximum absolute atomic E-state index is 12.4. The number of rotatable bonds is 6. The summed E-state index contributed by atoms with van der Waals surface area (Å²) in [6.45, 7) is 4.69. The van der Waals surface area contributed by atoms with Crippen LogP contribution in [0.15, 0.2) is 11.2 Å². The number of alkyl halides is 1. The van der Waals surface area contributed by atoms with Gasteiger partial charge in [0.25, 0.3) is 10.0 Å². The molecular formula is C13H22BrN3O2S. The first-order valence-electron chi connectivity index (χ1n) is 7.10. The lowest BCUT2D eigenvalue weighted by Gasteiger charge is -2.18. The Bertz CT molecular complexity index is 556. The van der Waals surface area contributed by atoms with Gasteiger partial charge >= 0.3 is 0 Å². The van der Waals surface area contributed by atoms with Crippen LogP contribution < -0.4 is 4.72 Å². The Labute approximate surface area is 129 Å². The molecule has 1 aromatic rings. The Kier molecular flexibility index (Phi) is 5.25. The molecule has 1 aromatic heterocycles. The number of hydrogen-bond acceptors (Lipinski definition) is 3. The number of nitrogens with one attached hydrogen (secondary N) is 1. The summed E-state index contributed by atoms with van der Waals surface area (Å²) in [5, 5.41) is 0.979. The van der Waals surface area contributed by atoms with Crippen molar-refractivity contribution in [3.63, 3.8) is 0 Å². The highest BCUT2D eigenvalue weighted by molar-refractivity contribution is 9.09. The number of nitrogens with zero attached hydrogens (tertiary/aromatic N) is 2. The fraction of sp³-hybridized carbons (Fsp3) is 0.769. The molecule has 0 spiro atoms. The largest absolute Gasteiger partial charge is 0.334 e. The van der Waals surface area contributed by atoms with Crippen molar-refractivity contribution in [2.45, 2.75) is 57.1 Å². The molecule has 1 N–H and O–H groups in total. The number of imidazole rings is 1. The second-order valence-corrected chi connectivity index (χ2v) is 7.70. The number of aryl methyl sites for hydroxylation is 2. The van der Waals surface area contributed by atoms with Crippen LogP contribution in [0.2, 0.25) is 0 Å². The highest BCUT2D eigenvalue weighted by Gasteiger charge is 2.31. The lowest BCUT2D eigenvalue weighted by molar-refractivity contribution is 0.483. The van der Waals surface area contributed by atoms with E-state index in [4.69, 9.17) is 0 Å². The van der Waals surface area contributed by atoms with Gasteiger partial charge in [0.05, 0.1) is 0 Å². The summed E-state index contributed by atoms with van der Waals surface area (Å²) in [7, 11) is -3.51. The molecule has 2 rings (SSSR count). The Morgan fingerprint density at radius 3 is 2.90 bits per heavy atom. The minimum atomic E-state index is -3.51. The van der Waals surface area contributed by atoms with Crippen molar-refractivity contribution in [3.8, 4) is 0 Å². The molecule has 1 heterocycles. The fourth-order valence-corrected chi connectivity index (χ4v) is 4.84. The molecule has 7 heteroatoms. The van der Waals surface area contributed by atoms with Crippen molar-refractivity contribution in [1.29, 1.82) is 0 Å². The summed E-state index contributed by atoms with van der Waals surface area (Å²) in [6.07, 6.45) is 5.65. The minimum Gasteiger partial charge on any atom is -0.334 e. The first kappa shape index (κ1) is 16.0. The summed E-state index contributed by atoms with van der Waals surface area (Å²) in [5.41, 5.74) is 0. The summed E-state index contributed by atoms with van der Waals surface area (Å²) >= 11 is 3.46. The van der Waals surface area contributed by atoms with E-state index in [9.17, 15) is 8.42 Å². The standard InChI is InChI=1S/C13H22BrN3O2S/c1-3-7-17-9-13(15-10(17)2)20(18,19)16-12-6-4-5-11(12)8-14/h9,11-12,16H,3-8H2,1-2H3. The molecule has 0 aromatic carbocycles. The maximum Gasteiger partial charge on any atom is 0.259 e. The molecule has 20 heavy (non-hydrogen) atoms. The smallest absolute Gasteiger partial charge is 0.259 e. The van der Waals surface area contributed by atoms with Crippen molar-refractivity contribution in [2.75, 3.05) is 5.33 Å². The van der Waals surface area contributed by atoms with E-state index in [2.05, 4.69) is 32.6 Å². The van der Waals surface area contributed by atoms with Crippen molar-refractivity contribution in [3.05, 3.63) is 12.0 Å². The predicted molar refractivity (Wildman–Crippen MR) is 82.5 cm³/mol. The summed E-state index contributed by atoms with van der Waals surface area (Å²) in [4.78, 5) is 4.19. The van der Waals surface area contributed by atoms with Crippen LogP contribution in [0, 0.1) is 12.8 Å². The Hall–Kier alpha value is -0.400. The average molecular weight is 364 g/mol. The van der Waals surface area contributed by atoms with Crippen LogP contribution in [0.3, 0.4) is 0 Å². The molecule has 1 aliphatic rings. The Morgan fingerprint density at radius 1 is 1.50 bits per heavy atom. The van der Waals surface area contributed by atoms with E-state index in [-0.39, 0.29) is 11.1 Å². The zero-order valence-electron chi connectivity index (χ0n) is 12.0. The van der Waals surface area contributed by atoms with Crippen LogP contribution >= 0.6 is 15.9 Å². The fourth-order valence-electron chi connectivity index (χ4n) is 2.71. The molecule has 114 valence electrons. The molecule has 1 saturated carbocycles. The third-order valence-electron chi connectivity index (χ3n) is 3.86. The van der Waals surface area contributed by atoms with Crippen molar-refractivity contribution < 1.29 is 8.42 Å². The number of sulfonamides is 1. The van der Waals surface area contributed by atoms with Crippen LogP contribution in [0.1, 0.15) is 38.4 Å². The van der Waals surface area contributed by atoms with Gasteiger partial charge in [0.2, 0.25) is 0 Å². The second-order valence-electron chi connectivity index (χ2n) is 5.39. The number of aromatic nitrogens is 2. The van der Waals surface area contributed by atoms with Crippen LogP contribution in [0.4, 0.5) is 0 Å². The van der Waals surface area contributed by atoms with E-state index in [1.54, 1.807) is 6.20 Å². The molecule has 0 saturated heterocycles. The van der Waals surface area contributed by atoms with Gasteiger partial charge in [0, 0.05) is 24.1 Å². The molecular weight excluding hydrogens is 342 g/mol. The van der Waals surface area contributed by atoms with Gasteiger partial charge in [-0.05, 0) is 32.1 Å². The van der Waals surface area contributed by atoms with Gasteiger partial charge in [0.1, 0.15) is 5.82 Å². The Balaban J connectivity index is 2.16. The highest BCUT2D eigenvalue weighted by atomic mass is 79.9. The summed E-state index contributed by atoms with van der Waals surface area (Å²) in [5.74, 6) is 1.12. The molecule has 1 aliphatic carbocycles. The van der Waals surface area contributed by atoms with E-state index in [0.29, 0.717) is 5.92 Å². The van der Waals surface area contributed by atoms with Gasteiger partial charge in [-0.2, -0.15) is 0 Å². The van der Waals surface area contributed by atoms with E-state index in [1.165, 1.54) is 0 Å². The van der Waals surface area contributed by atoms with Crippen LogP contribution in [-0.2, 0) is 16.6 Å². The van der Waals surface area contributed by atoms with Gasteiger partial charge in [-0.1, -0.05) is 29.3 Å². The molecule has 0 amide bonds. The monoisotopic (exact) mass is 363 g/mol. The van der Waals surface area contributed by atoms with Crippen LogP contribution in [-0.4, -0.2) is 29.3 Å². The van der Waals surface area contributed by atoms with E-state index in [0.717, 1.165) is 43.4 Å². The van der Waals surface area contributed by atoms with Crippen LogP contribution in [0.25, 0.3) is 0 Å². The first-order valence-corrected chi connectivity index (χ1v) is 9.70. The topological polar surface area (TPSA) is 64.0 Å². The predicted octanol–water partition coefficient (Wildman–Crippen LogP) is 2.44. The van der Waals surface area contributed by atoms with Crippen molar-refractivity contribution in [1.82, 2.24) is 14.3 Å². The zero-order chi connectivity index (χ0) is 14.8. The molecule has 2 unspecified atom stereocenters. The van der Waals surface area contributed by atoms with Gasteiger partial charge in [0.15, 0.2) is 5.03 Å². The molecule has 2 atom stereocenters. The van der Waals surface area contributed by atoms with Crippen molar-refractivity contribution in [2.24, 2.45) is 5.92 Å². The highest BCUT2D eigenvalue weighted by Crippen LogP contribution is 2.28. The normalized spacial score (nSPS) is 23.4. The zero-order valence-corrected chi connectivity index (χ0v) is 14.4. The minimum absolute atomic E-state index is 0.0241. The van der Waals surface area contributed by atoms with Gasteiger partial charge in [-0.15, -0.1) is 0 Å². The van der Waals surface area contributed by atoms with Gasteiger partial charge < -0.3 is 4.57 Å². The molecule has 0 radical (unpaired) electrons. The quantitative estimate of drug-likeness (QED) is 0.789. The van der Waals surface area contributed by atoms with Gasteiger partial charge in [-0.25, -0.2) is 18.1 Å². The SMILES string of the molecule is CCCn1cc(S(=O)(=O)NC2CCCC2CBr)nc1C.